The first-order valence-corrected chi connectivity index (χ1v) is 13.7. The highest BCUT2D eigenvalue weighted by atomic mass is 35.5. The lowest BCUT2D eigenvalue weighted by atomic mass is 10.1. The largest absolute Gasteiger partial charge is 0.355 e. The third-order valence-corrected chi connectivity index (χ3v) is 7.29. The van der Waals surface area contributed by atoms with Crippen LogP contribution < -0.4 is 10.2 Å². The summed E-state index contributed by atoms with van der Waals surface area (Å²) < 4.78 is 0. The van der Waals surface area contributed by atoms with Crippen molar-refractivity contribution in [3.63, 3.8) is 0 Å². The topological polar surface area (TPSA) is 58.1 Å². The molecule has 0 aliphatic carbocycles. The van der Waals surface area contributed by atoms with Gasteiger partial charge in [-0.05, 0) is 47.4 Å². The van der Waals surface area contributed by atoms with Crippen molar-refractivity contribution in [2.24, 2.45) is 0 Å². The normalized spacial score (nSPS) is 10.8. The van der Waals surface area contributed by atoms with Crippen LogP contribution in [0.5, 0.6) is 0 Å². The van der Waals surface area contributed by atoms with Gasteiger partial charge < -0.3 is 10.2 Å². The number of amides is 1. The van der Waals surface area contributed by atoms with E-state index in [1.54, 1.807) is 18.2 Å². The van der Waals surface area contributed by atoms with E-state index in [0.717, 1.165) is 16.9 Å². The zero-order valence-electron chi connectivity index (χ0n) is 20.1. The van der Waals surface area contributed by atoms with Crippen LogP contribution in [0.15, 0.2) is 84.0 Å². The predicted octanol–water partition coefficient (Wildman–Crippen LogP) is 7.34. The third kappa shape index (κ3) is 8.11. The van der Waals surface area contributed by atoms with Gasteiger partial charge in [0.2, 0.25) is 0 Å². The van der Waals surface area contributed by atoms with Gasteiger partial charge in [0, 0.05) is 47.6 Å². The molecule has 0 bridgehead atoms. The minimum atomic E-state index is -0.131. The number of anilines is 1. The van der Waals surface area contributed by atoms with Crippen molar-refractivity contribution in [3.05, 3.63) is 116 Å². The number of nitrogens with one attached hydrogen (secondary N) is 1. The van der Waals surface area contributed by atoms with Crippen molar-refractivity contribution in [2.45, 2.75) is 23.9 Å². The molecule has 1 heterocycles. The summed E-state index contributed by atoms with van der Waals surface area (Å²) in [5, 5.41) is 5.13. The van der Waals surface area contributed by atoms with Crippen molar-refractivity contribution < 1.29 is 4.79 Å². The summed E-state index contributed by atoms with van der Waals surface area (Å²) in [5.74, 6) is 1.28. The summed E-state index contributed by atoms with van der Waals surface area (Å²) in [6.07, 6.45) is 0.624. The highest BCUT2D eigenvalue weighted by molar-refractivity contribution is 7.98. The molecule has 0 saturated heterocycles. The van der Waals surface area contributed by atoms with Gasteiger partial charge in [0.05, 0.1) is 0 Å². The Morgan fingerprint density at radius 1 is 0.919 bits per heavy atom. The number of carbonyl (C=O) groups is 1. The lowest BCUT2D eigenvalue weighted by molar-refractivity contribution is 0.0954. The van der Waals surface area contributed by atoms with Crippen LogP contribution in [0.3, 0.4) is 0 Å². The summed E-state index contributed by atoms with van der Waals surface area (Å²) in [6.45, 7) is 1.19. The maximum Gasteiger partial charge on any atom is 0.251 e. The average Bonchev–Trinajstić information content (AvgIpc) is 2.89. The Morgan fingerprint density at radius 3 is 2.41 bits per heavy atom. The minimum Gasteiger partial charge on any atom is -0.355 e. The lowest BCUT2D eigenvalue weighted by Gasteiger charge is -2.19. The summed E-state index contributed by atoms with van der Waals surface area (Å²) in [5.41, 5.74) is 3.78. The molecule has 4 aromatic rings. The molecule has 5 nitrogen and oxygen atoms in total. The van der Waals surface area contributed by atoms with Crippen LogP contribution in [0.1, 0.15) is 27.0 Å². The number of nitrogens with zero attached hydrogens (tertiary/aromatic N) is 3. The molecule has 0 unspecified atom stereocenters. The first-order chi connectivity index (χ1) is 17.9. The second-order valence-electron chi connectivity index (χ2n) is 8.40. The van der Waals surface area contributed by atoms with Crippen molar-refractivity contribution in [1.29, 1.82) is 0 Å². The number of carbonyl (C=O) groups excluding carboxylic acids is 1. The smallest absolute Gasteiger partial charge is 0.251 e. The summed E-state index contributed by atoms with van der Waals surface area (Å²) in [4.78, 5) is 23.6. The SMILES string of the molecule is CN(Cc1ccccc1)c1cc(Cl)nc(SCc2ccc(C(=O)NCCc3ccc(Cl)cc3Cl)cc2)n1. The lowest BCUT2D eigenvalue weighted by Crippen LogP contribution is -2.25. The van der Waals surface area contributed by atoms with Gasteiger partial charge >= 0.3 is 0 Å². The zero-order chi connectivity index (χ0) is 26.2. The van der Waals surface area contributed by atoms with Crippen molar-refractivity contribution in [2.75, 3.05) is 18.5 Å². The van der Waals surface area contributed by atoms with Crippen molar-refractivity contribution in [3.8, 4) is 0 Å². The molecular weight excluding hydrogens is 547 g/mol. The molecule has 0 saturated carbocycles. The molecule has 0 atom stereocenters. The second kappa shape index (κ2) is 13.2. The molecule has 0 fully saturated rings. The van der Waals surface area contributed by atoms with E-state index in [9.17, 15) is 4.79 Å². The number of thioether (sulfide) groups is 1. The zero-order valence-corrected chi connectivity index (χ0v) is 23.2. The average molecular weight is 572 g/mol. The molecule has 190 valence electrons. The van der Waals surface area contributed by atoms with Crippen LogP contribution in [0.25, 0.3) is 0 Å². The van der Waals surface area contributed by atoms with E-state index in [1.807, 2.05) is 60.5 Å². The quantitative estimate of drug-likeness (QED) is 0.123. The molecule has 0 aliphatic heterocycles. The molecule has 1 N–H and O–H groups in total. The fourth-order valence-corrected chi connectivity index (χ4v) is 5.16. The molecule has 3 aromatic carbocycles. The van der Waals surface area contributed by atoms with E-state index in [0.29, 0.717) is 51.2 Å². The first-order valence-electron chi connectivity index (χ1n) is 11.6. The van der Waals surface area contributed by atoms with Gasteiger partial charge in [0.1, 0.15) is 11.0 Å². The Bertz CT molecular complexity index is 1350. The molecule has 0 aliphatic rings. The number of halogens is 3. The third-order valence-electron chi connectivity index (χ3n) is 5.59. The number of benzene rings is 3. The van der Waals surface area contributed by atoms with Crippen LogP contribution >= 0.6 is 46.6 Å². The van der Waals surface area contributed by atoms with Gasteiger partial charge in [0.15, 0.2) is 5.16 Å². The van der Waals surface area contributed by atoms with E-state index in [1.165, 1.54) is 17.3 Å². The fraction of sp³-hybridized carbons (Fsp3) is 0.179. The Kier molecular flexibility index (Phi) is 9.69. The summed E-state index contributed by atoms with van der Waals surface area (Å²) in [7, 11) is 1.98. The number of rotatable bonds is 10. The number of hydrogen-bond acceptors (Lipinski definition) is 5. The monoisotopic (exact) mass is 570 g/mol. The van der Waals surface area contributed by atoms with Gasteiger partial charge in [-0.2, -0.15) is 0 Å². The van der Waals surface area contributed by atoms with Crippen molar-refractivity contribution in [1.82, 2.24) is 15.3 Å². The standard InChI is InChI=1S/C28H25Cl3N4OS/c1-35(17-19-5-3-2-4-6-19)26-16-25(31)33-28(34-26)37-18-20-7-9-22(10-8-20)27(36)32-14-13-21-11-12-23(29)15-24(21)30/h2-12,15-16H,13-14,17-18H2,1H3,(H,32,36). The maximum absolute atomic E-state index is 12.5. The summed E-state index contributed by atoms with van der Waals surface area (Å²) in [6, 6.07) is 24.8. The fourth-order valence-electron chi connectivity index (χ4n) is 3.62. The van der Waals surface area contributed by atoms with Crippen LogP contribution in [0, 0.1) is 0 Å². The first kappa shape index (κ1) is 27.3. The van der Waals surface area contributed by atoms with Gasteiger partial charge in [0.25, 0.3) is 5.91 Å². The van der Waals surface area contributed by atoms with Crippen molar-refractivity contribution >= 4 is 58.3 Å². The summed E-state index contributed by atoms with van der Waals surface area (Å²) >= 11 is 19.9. The Morgan fingerprint density at radius 2 is 1.68 bits per heavy atom. The van der Waals surface area contributed by atoms with Gasteiger partial charge in [-0.1, -0.05) is 95.1 Å². The second-order valence-corrected chi connectivity index (χ2v) is 10.6. The van der Waals surface area contributed by atoms with E-state index in [4.69, 9.17) is 34.8 Å². The molecule has 9 heteroatoms. The molecule has 0 radical (unpaired) electrons. The van der Waals surface area contributed by atoms with Crippen LogP contribution in [-0.2, 0) is 18.7 Å². The van der Waals surface area contributed by atoms with Crippen LogP contribution in [0.4, 0.5) is 5.82 Å². The van der Waals surface area contributed by atoms with Gasteiger partial charge in [-0.15, -0.1) is 0 Å². The molecule has 4 rings (SSSR count). The van der Waals surface area contributed by atoms with Gasteiger partial charge in [-0.3, -0.25) is 4.79 Å². The Balaban J connectivity index is 1.29. The van der Waals surface area contributed by atoms with Gasteiger partial charge in [-0.25, -0.2) is 9.97 Å². The molecule has 0 spiro atoms. The maximum atomic E-state index is 12.5. The highest BCUT2D eigenvalue weighted by Gasteiger charge is 2.11. The Hall–Kier alpha value is -2.77. The van der Waals surface area contributed by atoms with Crippen LogP contribution in [0.2, 0.25) is 15.2 Å². The highest BCUT2D eigenvalue weighted by Crippen LogP contribution is 2.25. The molecular formula is C28H25Cl3N4OS. The number of aromatic nitrogens is 2. The van der Waals surface area contributed by atoms with E-state index >= 15 is 0 Å². The predicted molar refractivity (Wildman–Crippen MR) is 154 cm³/mol. The molecule has 37 heavy (non-hydrogen) atoms. The van der Waals surface area contributed by atoms with Crippen LogP contribution in [-0.4, -0.2) is 29.5 Å². The number of hydrogen-bond donors (Lipinski definition) is 1. The van der Waals surface area contributed by atoms with E-state index in [2.05, 4.69) is 27.4 Å². The van der Waals surface area contributed by atoms with E-state index < -0.39 is 0 Å². The minimum absolute atomic E-state index is 0.131. The van der Waals surface area contributed by atoms with E-state index in [-0.39, 0.29) is 5.91 Å². The Labute approximate surface area is 236 Å². The molecule has 1 amide bonds. The molecule has 1 aromatic heterocycles.